The molecule has 1 aromatic carbocycles. The zero-order valence-electron chi connectivity index (χ0n) is 11.9. The minimum absolute atomic E-state index is 0.218. The quantitative estimate of drug-likeness (QED) is 0.879. The molecule has 1 fully saturated rings. The molecule has 2 N–H and O–H groups in total. The molecule has 3 rings (SSSR count). The van der Waals surface area contributed by atoms with Crippen LogP contribution in [0.1, 0.15) is 24.8 Å². The number of hydrogen-bond acceptors (Lipinski definition) is 2. The lowest BCUT2D eigenvalue weighted by atomic mass is 10.0. The van der Waals surface area contributed by atoms with E-state index >= 15 is 0 Å². The van der Waals surface area contributed by atoms with Crippen LogP contribution in [0.3, 0.4) is 0 Å². The third-order valence-electron chi connectivity index (χ3n) is 4.18. The van der Waals surface area contributed by atoms with E-state index in [1.165, 1.54) is 5.56 Å². The standard InChI is InChI=1S/C16H22N2O2/c19-16(12-17-11-14-7-4-10-20-14)18-9-3-6-13-5-1-2-8-15(13)18/h1-2,5,8,14,17H,3-4,6-7,9-12H2/p+1/t14-/m0/s1. The number of rotatable bonds is 4. The Kier molecular flexibility index (Phi) is 4.33. The molecule has 2 aliphatic heterocycles. The maximum absolute atomic E-state index is 12.4. The molecule has 0 aliphatic carbocycles. The Balaban J connectivity index is 1.55. The first-order valence-electron chi connectivity index (χ1n) is 7.66. The third kappa shape index (κ3) is 3.02. The lowest BCUT2D eigenvalue weighted by Gasteiger charge is -2.28. The van der Waals surface area contributed by atoms with E-state index in [0.717, 1.165) is 51.1 Å². The second-order valence-electron chi connectivity index (χ2n) is 5.64. The van der Waals surface area contributed by atoms with Crippen LogP contribution in [0.25, 0.3) is 0 Å². The molecule has 1 amide bonds. The second kappa shape index (κ2) is 6.37. The Morgan fingerprint density at radius 1 is 1.35 bits per heavy atom. The average Bonchev–Trinajstić information content (AvgIpc) is 3.00. The number of hydrogen-bond donors (Lipinski definition) is 1. The van der Waals surface area contributed by atoms with E-state index in [2.05, 4.69) is 23.5 Å². The van der Waals surface area contributed by atoms with Crippen molar-refractivity contribution in [2.24, 2.45) is 0 Å². The van der Waals surface area contributed by atoms with Crippen LogP contribution in [0.5, 0.6) is 0 Å². The highest BCUT2D eigenvalue weighted by atomic mass is 16.5. The molecule has 4 nitrogen and oxygen atoms in total. The number of quaternary nitrogens is 1. The minimum atomic E-state index is 0.218. The summed E-state index contributed by atoms with van der Waals surface area (Å²) in [6.07, 6.45) is 4.79. The normalized spacial score (nSPS) is 21.8. The van der Waals surface area contributed by atoms with Crippen LogP contribution in [0.4, 0.5) is 5.69 Å². The fourth-order valence-corrected chi connectivity index (χ4v) is 3.13. The summed E-state index contributed by atoms with van der Waals surface area (Å²) in [5.41, 5.74) is 2.40. The fraction of sp³-hybridized carbons (Fsp3) is 0.562. The van der Waals surface area contributed by atoms with Gasteiger partial charge in [-0.15, -0.1) is 0 Å². The molecule has 0 unspecified atom stereocenters. The third-order valence-corrected chi connectivity index (χ3v) is 4.18. The number of para-hydroxylation sites is 1. The topological polar surface area (TPSA) is 46.1 Å². The molecule has 4 heteroatoms. The second-order valence-corrected chi connectivity index (χ2v) is 5.64. The molecule has 108 valence electrons. The Morgan fingerprint density at radius 3 is 3.10 bits per heavy atom. The molecule has 0 spiro atoms. The number of benzene rings is 1. The molecule has 0 radical (unpaired) electrons. The van der Waals surface area contributed by atoms with Gasteiger partial charge in [0.1, 0.15) is 12.6 Å². The van der Waals surface area contributed by atoms with Crippen molar-refractivity contribution in [1.29, 1.82) is 0 Å². The molecule has 0 aromatic heterocycles. The van der Waals surface area contributed by atoms with Gasteiger partial charge in [-0.3, -0.25) is 4.79 Å². The van der Waals surface area contributed by atoms with Crippen molar-refractivity contribution < 1.29 is 14.8 Å². The van der Waals surface area contributed by atoms with Gasteiger partial charge in [-0.05, 0) is 37.3 Å². The number of nitrogens with zero attached hydrogens (tertiary/aromatic N) is 1. The number of ether oxygens (including phenoxy) is 1. The molecule has 1 saturated heterocycles. The van der Waals surface area contributed by atoms with Gasteiger partial charge in [-0.25, -0.2) is 0 Å². The molecule has 2 aliphatic rings. The predicted molar refractivity (Wildman–Crippen MR) is 77.7 cm³/mol. The molecule has 2 heterocycles. The summed E-state index contributed by atoms with van der Waals surface area (Å²) in [7, 11) is 0. The van der Waals surface area contributed by atoms with Crippen molar-refractivity contribution in [3.8, 4) is 0 Å². The number of fused-ring (bicyclic) bond motifs is 1. The van der Waals surface area contributed by atoms with Crippen molar-refractivity contribution in [2.45, 2.75) is 31.8 Å². The van der Waals surface area contributed by atoms with E-state index in [0.29, 0.717) is 12.6 Å². The molecule has 1 aromatic rings. The van der Waals surface area contributed by atoms with Crippen molar-refractivity contribution in [3.63, 3.8) is 0 Å². The summed E-state index contributed by atoms with van der Waals surface area (Å²) in [6, 6.07) is 8.26. The number of anilines is 1. The number of nitrogens with two attached hydrogens (primary N) is 1. The van der Waals surface area contributed by atoms with Crippen molar-refractivity contribution in [2.75, 3.05) is 31.1 Å². The first kappa shape index (κ1) is 13.6. The molecule has 0 bridgehead atoms. The van der Waals surface area contributed by atoms with Crippen LogP contribution in [-0.2, 0) is 16.0 Å². The summed E-state index contributed by atoms with van der Waals surface area (Å²) < 4.78 is 5.58. The van der Waals surface area contributed by atoms with E-state index in [1.54, 1.807) is 0 Å². The van der Waals surface area contributed by atoms with Crippen molar-refractivity contribution in [3.05, 3.63) is 29.8 Å². The molecule has 1 atom stereocenters. The van der Waals surface area contributed by atoms with Gasteiger partial charge in [-0.1, -0.05) is 18.2 Å². The van der Waals surface area contributed by atoms with Gasteiger partial charge in [0.25, 0.3) is 5.91 Å². The van der Waals surface area contributed by atoms with Crippen LogP contribution < -0.4 is 10.2 Å². The van der Waals surface area contributed by atoms with Gasteiger partial charge in [0.2, 0.25) is 0 Å². The largest absolute Gasteiger partial charge is 0.372 e. The van der Waals surface area contributed by atoms with E-state index in [1.807, 2.05) is 11.0 Å². The van der Waals surface area contributed by atoms with E-state index in [4.69, 9.17) is 4.74 Å². The summed E-state index contributed by atoms with van der Waals surface area (Å²) in [5.74, 6) is 0.218. The first-order chi connectivity index (χ1) is 9.84. The van der Waals surface area contributed by atoms with E-state index in [9.17, 15) is 4.79 Å². The first-order valence-corrected chi connectivity index (χ1v) is 7.66. The van der Waals surface area contributed by atoms with Gasteiger partial charge in [-0.2, -0.15) is 0 Å². The predicted octanol–water partition coefficient (Wildman–Crippen LogP) is 0.708. The average molecular weight is 275 g/mol. The number of carbonyl (C=O) groups is 1. The maximum Gasteiger partial charge on any atom is 0.282 e. The zero-order valence-corrected chi connectivity index (χ0v) is 11.9. The van der Waals surface area contributed by atoms with Crippen LogP contribution in [0.15, 0.2) is 24.3 Å². The van der Waals surface area contributed by atoms with Gasteiger partial charge in [0.05, 0.1) is 0 Å². The van der Waals surface area contributed by atoms with E-state index < -0.39 is 0 Å². The maximum atomic E-state index is 12.4. The number of aryl methyl sites for hydroxylation is 1. The Bertz CT molecular complexity index is 469. The summed E-state index contributed by atoms with van der Waals surface area (Å²) >= 11 is 0. The van der Waals surface area contributed by atoms with Gasteiger partial charge >= 0.3 is 0 Å². The van der Waals surface area contributed by atoms with Crippen LogP contribution >= 0.6 is 0 Å². The minimum Gasteiger partial charge on any atom is -0.372 e. The molecule has 0 saturated carbocycles. The Hall–Kier alpha value is -1.39. The molecule has 20 heavy (non-hydrogen) atoms. The number of amides is 1. The highest BCUT2D eigenvalue weighted by Crippen LogP contribution is 2.26. The van der Waals surface area contributed by atoms with Crippen LogP contribution in [0, 0.1) is 0 Å². The summed E-state index contributed by atoms with van der Waals surface area (Å²) in [5, 5.41) is 2.09. The zero-order chi connectivity index (χ0) is 13.8. The van der Waals surface area contributed by atoms with Gasteiger partial charge in [0.15, 0.2) is 6.54 Å². The summed E-state index contributed by atoms with van der Waals surface area (Å²) in [6.45, 7) is 3.16. The fourth-order valence-electron chi connectivity index (χ4n) is 3.13. The van der Waals surface area contributed by atoms with Gasteiger partial charge in [0, 0.05) is 18.8 Å². The molecular weight excluding hydrogens is 252 g/mol. The molecular formula is C16H23N2O2+. The Labute approximate surface area is 120 Å². The van der Waals surface area contributed by atoms with Crippen LogP contribution in [0.2, 0.25) is 0 Å². The highest BCUT2D eigenvalue weighted by molar-refractivity contribution is 5.95. The van der Waals surface area contributed by atoms with E-state index in [-0.39, 0.29) is 5.91 Å². The monoisotopic (exact) mass is 275 g/mol. The highest BCUT2D eigenvalue weighted by Gasteiger charge is 2.24. The SMILES string of the molecule is O=C(C[NH2+]C[C@@H]1CCCO1)N1CCCc2ccccc21. The lowest BCUT2D eigenvalue weighted by molar-refractivity contribution is -0.649. The van der Waals surface area contributed by atoms with Crippen molar-refractivity contribution in [1.82, 2.24) is 0 Å². The summed E-state index contributed by atoms with van der Waals surface area (Å²) in [4.78, 5) is 14.3. The lowest BCUT2D eigenvalue weighted by Crippen LogP contribution is -2.88. The smallest absolute Gasteiger partial charge is 0.282 e. The van der Waals surface area contributed by atoms with Crippen LogP contribution in [-0.4, -0.2) is 38.3 Å². The number of carbonyl (C=O) groups excluding carboxylic acids is 1. The Morgan fingerprint density at radius 2 is 2.25 bits per heavy atom. The van der Waals surface area contributed by atoms with Gasteiger partial charge < -0.3 is 15.0 Å². The van der Waals surface area contributed by atoms with Crippen molar-refractivity contribution >= 4 is 11.6 Å².